The van der Waals surface area contributed by atoms with E-state index in [1.54, 1.807) is 6.07 Å². The number of hydrogen-bond donors (Lipinski definition) is 2. The molecule has 0 aliphatic heterocycles. The Morgan fingerprint density at radius 1 is 1.35 bits per heavy atom. The maximum absolute atomic E-state index is 11.9. The summed E-state index contributed by atoms with van der Waals surface area (Å²) in [5, 5.41) is 2.90. The van der Waals surface area contributed by atoms with E-state index in [9.17, 15) is 4.79 Å². The molecule has 3 nitrogen and oxygen atoms in total. The van der Waals surface area contributed by atoms with Crippen LogP contribution in [-0.2, 0) is 0 Å². The van der Waals surface area contributed by atoms with Crippen molar-refractivity contribution in [2.75, 3.05) is 12.3 Å². The van der Waals surface area contributed by atoms with Gasteiger partial charge >= 0.3 is 0 Å². The largest absolute Gasteiger partial charge is 0.398 e. The van der Waals surface area contributed by atoms with E-state index in [1.807, 2.05) is 19.1 Å². The maximum atomic E-state index is 11.9. The first-order valence-electron chi connectivity index (χ1n) is 5.94. The molecular formula is C14H22N2O. The van der Waals surface area contributed by atoms with Gasteiger partial charge in [0.1, 0.15) is 0 Å². The van der Waals surface area contributed by atoms with Crippen molar-refractivity contribution in [3.05, 3.63) is 29.3 Å². The van der Waals surface area contributed by atoms with Gasteiger partial charge in [0.05, 0.1) is 5.56 Å². The van der Waals surface area contributed by atoms with E-state index in [0.717, 1.165) is 12.0 Å². The third-order valence-electron chi connectivity index (χ3n) is 2.73. The molecule has 0 atom stereocenters. The topological polar surface area (TPSA) is 55.1 Å². The highest BCUT2D eigenvalue weighted by Crippen LogP contribution is 2.18. The second-order valence-electron chi connectivity index (χ2n) is 5.60. The van der Waals surface area contributed by atoms with Crippen LogP contribution < -0.4 is 11.1 Å². The normalized spacial score (nSPS) is 11.3. The first-order valence-corrected chi connectivity index (χ1v) is 5.94. The number of hydrogen-bond acceptors (Lipinski definition) is 2. The fraction of sp³-hybridized carbons (Fsp3) is 0.500. The number of nitrogens with one attached hydrogen (secondary N) is 1. The average Bonchev–Trinajstić information content (AvgIpc) is 2.20. The zero-order valence-electron chi connectivity index (χ0n) is 11.1. The number of anilines is 1. The van der Waals surface area contributed by atoms with Crippen LogP contribution in [0.2, 0.25) is 0 Å². The number of aryl methyl sites for hydroxylation is 1. The molecule has 94 valence electrons. The van der Waals surface area contributed by atoms with Gasteiger partial charge in [-0.1, -0.05) is 32.9 Å². The predicted octanol–water partition coefficient (Wildman–Crippen LogP) is 2.74. The Labute approximate surface area is 103 Å². The highest BCUT2D eigenvalue weighted by Gasteiger charge is 2.13. The molecule has 17 heavy (non-hydrogen) atoms. The standard InChI is InChI=1S/C14H22N2O/c1-10-6-5-7-11(12(10)15)13(17)16-9-8-14(2,3)4/h5-7H,8-9,15H2,1-4H3,(H,16,17). The minimum atomic E-state index is -0.0875. The molecule has 0 unspecified atom stereocenters. The zero-order valence-corrected chi connectivity index (χ0v) is 11.1. The lowest BCUT2D eigenvalue weighted by atomic mass is 9.92. The van der Waals surface area contributed by atoms with Crippen LogP contribution in [0.5, 0.6) is 0 Å². The van der Waals surface area contributed by atoms with Crippen LogP contribution in [0.4, 0.5) is 5.69 Å². The lowest BCUT2D eigenvalue weighted by Crippen LogP contribution is -2.28. The Balaban J connectivity index is 2.62. The molecule has 1 amide bonds. The first-order chi connectivity index (χ1) is 7.81. The molecule has 0 aliphatic carbocycles. The third-order valence-corrected chi connectivity index (χ3v) is 2.73. The van der Waals surface area contributed by atoms with Crippen LogP contribution in [0.25, 0.3) is 0 Å². The molecule has 3 N–H and O–H groups in total. The number of nitrogens with two attached hydrogens (primary N) is 1. The van der Waals surface area contributed by atoms with Gasteiger partial charge < -0.3 is 11.1 Å². The summed E-state index contributed by atoms with van der Waals surface area (Å²) in [5.41, 5.74) is 8.18. The molecule has 0 saturated heterocycles. The lowest BCUT2D eigenvalue weighted by molar-refractivity contribution is 0.0950. The Kier molecular flexibility index (Phi) is 4.16. The second-order valence-corrected chi connectivity index (χ2v) is 5.60. The number of nitrogen functional groups attached to an aromatic ring is 1. The Hall–Kier alpha value is -1.51. The molecule has 3 heteroatoms. The van der Waals surface area contributed by atoms with Crippen molar-refractivity contribution in [2.24, 2.45) is 5.41 Å². The molecule has 0 spiro atoms. The van der Waals surface area contributed by atoms with E-state index < -0.39 is 0 Å². The fourth-order valence-corrected chi connectivity index (χ4v) is 1.52. The number of carbonyl (C=O) groups is 1. The van der Waals surface area contributed by atoms with E-state index in [-0.39, 0.29) is 11.3 Å². The molecule has 0 aliphatic rings. The number of benzene rings is 1. The second kappa shape index (κ2) is 5.21. The van der Waals surface area contributed by atoms with Crippen LogP contribution in [0, 0.1) is 12.3 Å². The molecule has 1 aromatic rings. The summed E-state index contributed by atoms with van der Waals surface area (Å²) in [5.74, 6) is -0.0875. The molecular weight excluding hydrogens is 212 g/mol. The molecule has 0 fully saturated rings. The zero-order chi connectivity index (χ0) is 13.1. The van der Waals surface area contributed by atoms with Crippen LogP contribution in [-0.4, -0.2) is 12.5 Å². The summed E-state index contributed by atoms with van der Waals surface area (Å²) >= 11 is 0. The van der Waals surface area contributed by atoms with Gasteiger partial charge in [-0.05, 0) is 30.4 Å². The molecule has 0 radical (unpaired) electrons. The maximum Gasteiger partial charge on any atom is 0.253 e. The first kappa shape index (κ1) is 13.6. The minimum absolute atomic E-state index is 0.0875. The van der Waals surface area contributed by atoms with Crippen LogP contribution in [0.1, 0.15) is 43.1 Å². The summed E-state index contributed by atoms with van der Waals surface area (Å²) in [6.45, 7) is 9.04. The quantitative estimate of drug-likeness (QED) is 0.790. The third kappa shape index (κ3) is 4.10. The van der Waals surface area contributed by atoms with E-state index in [1.165, 1.54) is 0 Å². The molecule has 1 aromatic carbocycles. The SMILES string of the molecule is Cc1cccc(C(=O)NCCC(C)(C)C)c1N. The van der Waals surface area contributed by atoms with Gasteiger partial charge in [0, 0.05) is 12.2 Å². The van der Waals surface area contributed by atoms with E-state index in [2.05, 4.69) is 26.1 Å². The predicted molar refractivity (Wildman–Crippen MR) is 72.0 cm³/mol. The van der Waals surface area contributed by atoms with Gasteiger partial charge in [-0.15, -0.1) is 0 Å². The van der Waals surface area contributed by atoms with Gasteiger partial charge in [-0.25, -0.2) is 0 Å². The highest BCUT2D eigenvalue weighted by atomic mass is 16.1. The van der Waals surface area contributed by atoms with Gasteiger partial charge in [0.25, 0.3) is 5.91 Å². The van der Waals surface area contributed by atoms with Gasteiger partial charge in [-0.3, -0.25) is 4.79 Å². The van der Waals surface area contributed by atoms with Crippen molar-refractivity contribution in [3.63, 3.8) is 0 Å². The molecule has 0 heterocycles. The Morgan fingerprint density at radius 3 is 2.59 bits per heavy atom. The summed E-state index contributed by atoms with van der Waals surface area (Å²) in [6.07, 6.45) is 0.949. The number of carbonyl (C=O) groups excluding carboxylic acids is 1. The minimum Gasteiger partial charge on any atom is -0.398 e. The van der Waals surface area contributed by atoms with Crippen LogP contribution >= 0.6 is 0 Å². The number of para-hydroxylation sites is 1. The van der Waals surface area contributed by atoms with Crippen molar-refractivity contribution in [1.29, 1.82) is 0 Å². The number of amides is 1. The van der Waals surface area contributed by atoms with E-state index >= 15 is 0 Å². The average molecular weight is 234 g/mol. The number of rotatable bonds is 3. The van der Waals surface area contributed by atoms with Crippen molar-refractivity contribution in [3.8, 4) is 0 Å². The van der Waals surface area contributed by atoms with Gasteiger partial charge in [-0.2, -0.15) is 0 Å². The summed E-state index contributed by atoms with van der Waals surface area (Å²) in [7, 11) is 0. The van der Waals surface area contributed by atoms with Gasteiger partial charge in [0.15, 0.2) is 0 Å². The van der Waals surface area contributed by atoms with Crippen LogP contribution in [0.15, 0.2) is 18.2 Å². The molecule has 1 rings (SSSR count). The van der Waals surface area contributed by atoms with Crippen molar-refractivity contribution >= 4 is 11.6 Å². The Bertz CT molecular complexity index is 405. The van der Waals surface area contributed by atoms with Crippen molar-refractivity contribution < 1.29 is 4.79 Å². The molecule has 0 bridgehead atoms. The van der Waals surface area contributed by atoms with Crippen molar-refractivity contribution in [1.82, 2.24) is 5.32 Å². The van der Waals surface area contributed by atoms with Crippen LogP contribution in [0.3, 0.4) is 0 Å². The molecule has 0 aromatic heterocycles. The smallest absolute Gasteiger partial charge is 0.253 e. The van der Waals surface area contributed by atoms with E-state index in [4.69, 9.17) is 5.73 Å². The highest BCUT2D eigenvalue weighted by molar-refractivity contribution is 5.99. The van der Waals surface area contributed by atoms with Crippen molar-refractivity contribution in [2.45, 2.75) is 34.1 Å². The fourth-order valence-electron chi connectivity index (χ4n) is 1.52. The summed E-state index contributed by atoms with van der Waals surface area (Å²) < 4.78 is 0. The van der Waals surface area contributed by atoms with Gasteiger partial charge in [0.2, 0.25) is 0 Å². The van der Waals surface area contributed by atoms with E-state index in [0.29, 0.717) is 17.8 Å². The lowest BCUT2D eigenvalue weighted by Gasteiger charge is -2.18. The Morgan fingerprint density at radius 2 is 2.00 bits per heavy atom. The monoisotopic (exact) mass is 234 g/mol. The summed E-state index contributed by atoms with van der Waals surface area (Å²) in [4.78, 5) is 11.9. The summed E-state index contributed by atoms with van der Waals surface area (Å²) in [6, 6.07) is 5.51. The molecule has 0 saturated carbocycles.